The van der Waals surface area contributed by atoms with E-state index in [1.807, 2.05) is 13.0 Å². The summed E-state index contributed by atoms with van der Waals surface area (Å²) in [6.45, 7) is 1.98. The van der Waals surface area contributed by atoms with Crippen molar-refractivity contribution in [1.82, 2.24) is 19.6 Å². The van der Waals surface area contributed by atoms with Crippen molar-refractivity contribution in [3.05, 3.63) is 54.0 Å². The Morgan fingerprint density at radius 2 is 2.05 bits per heavy atom. The van der Waals surface area contributed by atoms with Crippen LogP contribution < -0.4 is 5.32 Å². The zero-order valence-electron chi connectivity index (χ0n) is 11.9. The Labute approximate surface area is 123 Å². The molecule has 2 aromatic heterocycles. The molecule has 0 bridgehead atoms. The molecule has 1 aliphatic carbocycles. The number of rotatable bonds is 4. The number of hydrogen-bond acceptors (Lipinski definition) is 4. The highest BCUT2D eigenvalue weighted by molar-refractivity contribution is 5.47. The van der Waals surface area contributed by atoms with Gasteiger partial charge in [-0.05, 0) is 31.2 Å². The second kappa shape index (κ2) is 4.84. The third-order valence-electron chi connectivity index (χ3n) is 3.94. The number of nitrogens with zero attached hydrogens (tertiary/aromatic N) is 4. The first-order valence-electron chi connectivity index (χ1n) is 7.30. The van der Waals surface area contributed by atoms with Gasteiger partial charge in [-0.15, -0.1) is 0 Å². The molecule has 3 aromatic rings. The van der Waals surface area contributed by atoms with Crippen LogP contribution in [-0.2, 0) is 0 Å². The zero-order chi connectivity index (χ0) is 14.2. The second-order valence-corrected chi connectivity index (χ2v) is 5.62. The lowest BCUT2D eigenvalue weighted by Crippen LogP contribution is -2.16. The summed E-state index contributed by atoms with van der Waals surface area (Å²) in [6.07, 6.45) is 4.09. The second-order valence-electron chi connectivity index (χ2n) is 5.62. The van der Waals surface area contributed by atoms with Crippen molar-refractivity contribution in [2.24, 2.45) is 5.92 Å². The molecule has 5 nitrogen and oxygen atoms in total. The summed E-state index contributed by atoms with van der Waals surface area (Å²) in [6, 6.07) is 13.0. The lowest BCUT2D eigenvalue weighted by atomic mass is 10.0. The average molecular weight is 279 g/mol. The van der Waals surface area contributed by atoms with Crippen LogP contribution in [0.1, 0.15) is 30.1 Å². The SMILES string of the molecule is Cc1cc(NC(c2ccccc2)C2CC2)n2ncnc2n1. The van der Waals surface area contributed by atoms with E-state index in [1.54, 1.807) is 10.8 Å². The van der Waals surface area contributed by atoms with Crippen molar-refractivity contribution in [1.29, 1.82) is 0 Å². The van der Waals surface area contributed by atoms with Gasteiger partial charge in [0, 0.05) is 11.8 Å². The lowest BCUT2D eigenvalue weighted by Gasteiger charge is -2.20. The van der Waals surface area contributed by atoms with E-state index >= 15 is 0 Å². The van der Waals surface area contributed by atoms with Gasteiger partial charge in [0.1, 0.15) is 12.1 Å². The van der Waals surface area contributed by atoms with Gasteiger partial charge in [-0.1, -0.05) is 30.3 Å². The van der Waals surface area contributed by atoms with Gasteiger partial charge in [-0.3, -0.25) is 0 Å². The van der Waals surface area contributed by atoms with Crippen LogP contribution >= 0.6 is 0 Å². The van der Waals surface area contributed by atoms with Gasteiger partial charge in [0.05, 0.1) is 6.04 Å². The molecule has 0 saturated heterocycles. The Morgan fingerprint density at radius 1 is 1.24 bits per heavy atom. The number of anilines is 1. The fourth-order valence-electron chi connectivity index (χ4n) is 2.76. The molecule has 1 aliphatic rings. The molecule has 1 atom stereocenters. The van der Waals surface area contributed by atoms with Gasteiger partial charge in [-0.2, -0.15) is 14.6 Å². The lowest BCUT2D eigenvalue weighted by molar-refractivity contribution is 0.669. The van der Waals surface area contributed by atoms with Crippen LogP contribution in [0.5, 0.6) is 0 Å². The fourth-order valence-corrected chi connectivity index (χ4v) is 2.76. The predicted molar refractivity (Wildman–Crippen MR) is 81.0 cm³/mol. The van der Waals surface area contributed by atoms with Crippen molar-refractivity contribution in [2.75, 3.05) is 5.32 Å². The minimum atomic E-state index is 0.320. The number of fused-ring (bicyclic) bond motifs is 1. The number of hydrogen-bond donors (Lipinski definition) is 1. The van der Waals surface area contributed by atoms with Gasteiger partial charge in [0.15, 0.2) is 0 Å². The Bertz CT molecular complexity index is 761. The summed E-state index contributed by atoms with van der Waals surface area (Å²) in [5.74, 6) is 2.29. The molecule has 106 valence electrons. The van der Waals surface area contributed by atoms with Crippen molar-refractivity contribution >= 4 is 11.6 Å². The van der Waals surface area contributed by atoms with E-state index in [2.05, 4.69) is 50.7 Å². The molecular formula is C16H17N5. The summed E-state index contributed by atoms with van der Waals surface area (Å²) in [4.78, 5) is 8.57. The van der Waals surface area contributed by atoms with Crippen LogP contribution in [0.3, 0.4) is 0 Å². The highest BCUT2D eigenvalue weighted by Gasteiger charge is 2.32. The van der Waals surface area contributed by atoms with Crippen LogP contribution in [0.15, 0.2) is 42.7 Å². The van der Waals surface area contributed by atoms with Gasteiger partial charge >= 0.3 is 0 Å². The first kappa shape index (κ1) is 12.3. The fraction of sp³-hybridized carbons (Fsp3) is 0.312. The van der Waals surface area contributed by atoms with E-state index in [0.717, 1.165) is 11.5 Å². The van der Waals surface area contributed by atoms with Gasteiger partial charge < -0.3 is 5.32 Å². The Hall–Kier alpha value is -2.43. The molecule has 2 heterocycles. The summed E-state index contributed by atoms with van der Waals surface area (Å²) in [7, 11) is 0. The van der Waals surface area contributed by atoms with Crippen molar-refractivity contribution < 1.29 is 0 Å². The van der Waals surface area contributed by atoms with Crippen molar-refractivity contribution in [3.8, 4) is 0 Å². The molecule has 0 radical (unpaired) electrons. The first-order chi connectivity index (χ1) is 10.3. The Kier molecular flexibility index (Phi) is 2.84. The van der Waals surface area contributed by atoms with Gasteiger partial charge in [-0.25, -0.2) is 4.98 Å². The van der Waals surface area contributed by atoms with Gasteiger partial charge in [0.25, 0.3) is 5.78 Å². The van der Waals surface area contributed by atoms with Crippen molar-refractivity contribution in [2.45, 2.75) is 25.8 Å². The van der Waals surface area contributed by atoms with E-state index in [-0.39, 0.29) is 0 Å². The van der Waals surface area contributed by atoms with Crippen LogP contribution in [-0.4, -0.2) is 19.6 Å². The first-order valence-corrected chi connectivity index (χ1v) is 7.30. The average Bonchev–Trinajstić information content (AvgIpc) is 3.23. The van der Waals surface area contributed by atoms with Crippen LogP contribution in [0, 0.1) is 12.8 Å². The summed E-state index contributed by atoms with van der Waals surface area (Å²) in [5.41, 5.74) is 2.27. The maximum Gasteiger partial charge on any atom is 0.254 e. The Morgan fingerprint density at radius 3 is 2.81 bits per heavy atom. The van der Waals surface area contributed by atoms with E-state index in [9.17, 15) is 0 Å². The summed E-state index contributed by atoms with van der Waals surface area (Å²) < 4.78 is 1.77. The molecule has 21 heavy (non-hydrogen) atoms. The van der Waals surface area contributed by atoms with E-state index in [4.69, 9.17) is 0 Å². The maximum absolute atomic E-state index is 4.39. The molecule has 4 rings (SSSR count). The summed E-state index contributed by atoms with van der Waals surface area (Å²) in [5, 5.41) is 7.91. The molecule has 1 aromatic carbocycles. The van der Waals surface area contributed by atoms with Crippen LogP contribution in [0.4, 0.5) is 5.82 Å². The summed E-state index contributed by atoms with van der Waals surface area (Å²) >= 11 is 0. The van der Waals surface area contributed by atoms with Gasteiger partial charge in [0.2, 0.25) is 0 Å². The highest BCUT2D eigenvalue weighted by atomic mass is 15.4. The molecule has 0 aliphatic heterocycles. The molecule has 1 unspecified atom stereocenters. The number of benzene rings is 1. The predicted octanol–water partition coefficient (Wildman–Crippen LogP) is 3.00. The maximum atomic E-state index is 4.39. The van der Waals surface area contributed by atoms with E-state index in [1.165, 1.54) is 18.4 Å². The molecule has 5 heteroatoms. The van der Waals surface area contributed by atoms with E-state index in [0.29, 0.717) is 17.7 Å². The van der Waals surface area contributed by atoms with E-state index < -0.39 is 0 Å². The zero-order valence-corrected chi connectivity index (χ0v) is 11.9. The number of aryl methyl sites for hydroxylation is 1. The molecule has 1 fully saturated rings. The molecule has 0 amide bonds. The third-order valence-corrected chi connectivity index (χ3v) is 3.94. The minimum Gasteiger partial charge on any atom is -0.363 e. The molecule has 1 N–H and O–H groups in total. The molecule has 0 spiro atoms. The number of aromatic nitrogens is 4. The number of nitrogens with one attached hydrogen (secondary N) is 1. The standard InChI is InChI=1S/C16H17N5/c1-11-9-14(21-16(19-11)17-10-18-21)20-15(13-7-8-13)12-5-3-2-4-6-12/h2-6,9-10,13,15,20H,7-8H2,1H3. The molecular weight excluding hydrogens is 262 g/mol. The largest absolute Gasteiger partial charge is 0.363 e. The Balaban J connectivity index is 1.73. The van der Waals surface area contributed by atoms with Crippen molar-refractivity contribution in [3.63, 3.8) is 0 Å². The van der Waals surface area contributed by atoms with Crippen LogP contribution in [0.2, 0.25) is 0 Å². The normalized spacial score (nSPS) is 16.0. The monoisotopic (exact) mass is 279 g/mol. The topological polar surface area (TPSA) is 55.1 Å². The van der Waals surface area contributed by atoms with Crippen LogP contribution in [0.25, 0.3) is 5.78 Å². The third kappa shape index (κ3) is 2.35. The minimum absolute atomic E-state index is 0.320. The smallest absolute Gasteiger partial charge is 0.254 e. The molecule has 1 saturated carbocycles. The quantitative estimate of drug-likeness (QED) is 0.797. The highest BCUT2D eigenvalue weighted by Crippen LogP contribution is 2.42.